The van der Waals surface area contributed by atoms with Gasteiger partial charge in [0.15, 0.2) is 5.82 Å². The van der Waals surface area contributed by atoms with Crippen molar-refractivity contribution in [2.75, 3.05) is 41.7 Å². The molecular weight excluding hydrogens is 745 g/mol. The third-order valence-corrected chi connectivity index (χ3v) is 12.1. The molecule has 1 atom stereocenters. The number of nitrogens with zero attached hydrogens (tertiary/aromatic N) is 5. The maximum atomic E-state index is 15.2. The van der Waals surface area contributed by atoms with Gasteiger partial charge in [-0.2, -0.15) is 0 Å². The molecule has 4 heterocycles. The molecule has 0 radical (unpaired) electrons. The number of halogens is 2. The van der Waals surface area contributed by atoms with Gasteiger partial charge in [0.25, 0.3) is 5.56 Å². The van der Waals surface area contributed by atoms with Gasteiger partial charge in [-0.3, -0.25) is 34.0 Å². The minimum atomic E-state index is -0.564. The average Bonchev–Trinajstić information content (AvgIpc) is 3.24. The van der Waals surface area contributed by atoms with Crippen molar-refractivity contribution in [3.8, 4) is 16.9 Å². The first-order valence-electron chi connectivity index (χ1n) is 20.4. The van der Waals surface area contributed by atoms with Gasteiger partial charge in [-0.25, -0.2) is 18.7 Å². The van der Waals surface area contributed by atoms with E-state index < -0.39 is 11.9 Å². The maximum Gasteiger partial charge on any atom is 0.255 e. The number of hydrogen-bond acceptors (Lipinski definition) is 10. The monoisotopic (exact) mass is 793 g/mol. The molecule has 3 amide bonds. The van der Waals surface area contributed by atoms with Crippen LogP contribution in [0.1, 0.15) is 64.2 Å². The first-order chi connectivity index (χ1) is 28.2. The van der Waals surface area contributed by atoms with Crippen LogP contribution in [0, 0.1) is 17.6 Å². The third kappa shape index (κ3) is 9.04. The molecule has 13 nitrogen and oxygen atoms in total. The quantitative estimate of drug-likeness (QED) is 0.161. The predicted molar refractivity (Wildman–Crippen MR) is 217 cm³/mol. The van der Waals surface area contributed by atoms with Gasteiger partial charge in [-0.15, -0.1) is 0 Å². The number of pyridine rings is 1. The number of imide groups is 1. The molecule has 2 saturated heterocycles. The van der Waals surface area contributed by atoms with Crippen molar-refractivity contribution in [3.63, 3.8) is 0 Å². The normalized spacial score (nSPS) is 24.2. The summed E-state index contributed by atoms with van der Waals surface area (Å²) in [5, 5.41) is 12.1. The Kier molecular flexibility index (Phi) is 11.8. The molecule has 0 spiro atoms. The third-order valence-electron chi connectivity index (χ3n) is 12.1. The Labute approximate surface area is 335 Å². The van der Waals surface area contributed by atoms with Gasteiger partial charge < -0.3 is 20.9 Å². The van der Waals surface area contributed by atoms with Crippen LogP contribution in [-0.2, 0) is 14.4 Å². The van der Waals surface area contributed by atoms with Crippen LogP contribution in [0.25, 0.3) is 16.9 Å². The van der Waals surface area contributed by atoms with Crippen molar-refractivity contribution in [1.82, 2.24) is 30.1 Å². The lowest BCUT2D eigenvalue weighted by atomic mass is 9.83. The Hall–Kier alpha value is -5.70. The van der Waals surface area contributed by atoms with Gasteiger partial charge >= 0.3 is 0 Å². The lowest BCUT2D eigenvalue weighted by Gasteiger charge is -2.42. The number of aromatic nitrogens is 3. The highest BCUT2D eigenvalue weighted by Crippen LogP contribution is 2.32. The van der Waals surface area contributed by atoms with Crippen molar-refractivity contribution in [2.24, 2.45) is 5.92 Å². The van der Waals surface area contributed by atoms with E-state index in [0.717, 1.165) is 64.5 Å². The van der Waals surface area contributed by atoms with Crippen molar-refractivity contribution < 1.29 is 23.2 Å². The van der Waals surface area contributed by atoms with Gasteiger partial charge in [-0.05, 0) is 94.2 Å². The van der Waals surface area contributed by atoms with E-state index >= 15 is 4.39 Å². The first-order valence-corrected chi connectivity index (χ1v) is 20.4. The molecule has 4 aromatic rings. The summed E-state index contributed by atoms with van der Waals surface area (Å²) >= 11 is 0. The van der Waals surface area contributed by atoms with E-state index in [1.54, 1.807) is 54.7 Å². The average molecular weight is 794 g/mol. The van der Waals surface area contributed by atoms with E-state index in [9.17, 15) is 23.6 Å². The van der Waals surface area contributed by atoms with Crippen molar-refractivity contribution >= 4 is 35.0 Å². The zero-order valence-electron chi connectivity index (χ0n) is 32.3. The number of anilines is 3. The molecule has 4 N–H and O–H groups in total. The van der Waals surface area contributed by atoms with Gasteiger partial charge in [0.1, 0.15) is 17.6 Å². The molecule has 304 valence electrons. The molecule has 4 fully saturated rings. The lowest BCUT2D eigenvalue weighted by Crippen LogP contribution is -2.52. The van der Waals surface area contributed by atoms with Gasteiger partial charge in [0.2, 0.25) is 23.7 Å². The van der Waals surface area contributed by atoms with Crippen LogP contribution in [0.15, 0.2) is 77.9 Å². The topological polar surface area (TPSA) is 154 Å². The lowest BCUT2D eigenvalue weighted by molar-refractivity contribution is -0.133. The molecule has 2 aliphatic carbocycles. The molecule has 2 aromatic heterocycles. The Morgan fingerprint density at radius 3 is 2.29 bits per heavy atom. The Bertz CT molecular complexity index is 2190. The second kappa shape index (κ2) is 17.4. The Morgan fingerprint density at radius 2 is 1.55 bits per heavy atom. The van der Waals surface area contributed by atoms with E-state index in [4.69, 9.17) is 0 Å². The second-order valence-corrected chi connectivity index (χ2v) is 15.9. The number of carbonyl (C=O) groups excluding carboxylic acids is 3. The summed E-state index contributed by atoms with van der Waals surface area (Å²) in [6, 6.07) is 16.9. The highest BCUT2D eigenvalue weighted by atomic mass is 19.1. The number of amides is 3. The van der Waals surface area contributed by atoms with E-state index in [1.165, 1.54) is 22.9 Å². The molecule has 2 saturated carbocycles. The summed E-state index contributed by atoms with van der Waals surface area (Å²) < 4.78 is 31.7. The number of nitrogens with one attached hydrogen (secondary N) is 4. The molecule has 58 heavy (non-hydrogen) atoms. The summed E-state index contributed by atoms with van der Waals surface area (Å²) in [6.45, 7) is 3.05. The second-order valence-electron chi connectivity index (χ2n) is 15.9. The number of rotatable bonds is 10. The van der Waals surface area contributed by atoms with E-state index in [0.29, 0.717) is 54.1 Å². The number of hydrogen-bond donors (Lipinski definition) is 4. The minimum absolute atomic E-state index is 0.000148. The maximum absolute atomic E-state index is 15.2. The number of piperidine rings is 1. The van der Waals surface area contributed by atoms with Crippen LogP contribution in [0.5, 0.6) is 0 Å². The molecular formula is C43H49F2N9O4. The van der Waals surface area contributed by atoms with Gasteiger partial charge in [0, 0.05) is 85.8 Å². The minimum Gasteiger partial charge on any atom is -0.374 e. The summed E-state index contributed by atoms with van der Waals surface area (Å²) in [6.07, 6.45) is 10.4. The standard InChI is InChI=1S/C43H49F2N9O4/c44-34-25-31(47-36-16-18-38(55)50-42(36)58)13-17-37(34)53-22-20-52(21-23-53)32-14-7-27(8-15-32)41(57)48-29-9-11-30(12-10-29)49-43-46-26-35(45)40(51-43)28-4-3-5-33(24-28)54-19-2-1-6-39(54)56/h1-6,13,17,19,24-27,29-30,32,36,47H,7-12,14-16,18,20-23H2,(H,48,57)(H,46,49,51)(H,50,55,58)/t27-,29?,30?,32-,36-/m0/s1. The fourth-order valence-corrected chi connectivity index (χ4v) is 8.88. The predicted octanol–water partition coefficient (Wildman–Crippen LogP) is 5.01. The molecule has 4 aliphatic rings. The van der Waals surface area contributed by atoms with Crippen LogP contribution >= 0.6 is 0 Å². The summed E-state index contributed by atoms with van der Waals surface area (Å²) in [4.78, 5) is 62.5. The SMILES string of the molecule is O=C1CC[C@H](Nc2ccc(N3CCN([C@H]4CC[C@H](C(=O)NC5CCC(Nc6ncc(F)c(-c7cccc(-n8ccccc8=O)c7)n6)CC5)CC4)CC3)c(F)c2)C(=O)N1. The molecule has 2 aromatic carbocycles. The van der Waals surface area contributed by atoms with Crippen LogP contribution in [0.2, 0.25) is 0 Å². The van der Waals surface area contributed by atoms with Crippen LogP contribution in [0.4, 0.5) is 26.1 Å². The van der Waals surface area contributed by atoms with Crippen LogP contribution < -0.4 is 31.7 Å². The molecule has 15 heteroatoms. The zero-order valence-corrected chi connectivity index (χ0v) is 32.3. The highest BCUT2D eigenvalue weighted by molar-refractivity contribution is 6.01. The van der Waals surface area contributed by atoms with Crippen molar-refractivity contribution in [2.45, 2.75) is 88.4 Å². The zero-order chi connectivity index (χ0) is 40.2. The fraction of sp³-hybridized carbons (Fsp3) is 0.442. The van der Waals surface area contributed by atoms with E-state index in [1.807, 2.05) is 0 Å². The molecule has 8 rings (SSSR count). The van der Waals surface area contributed by atoms with Crippen molar-refractivity contribution in [1.29, 1.82) is 0 Å². The summed E-state index contributed by atoms with van der Waals surface area (Å²) in [5.74, 6) is -1.10. The van der Waals surface area contributed by atoms with Gasteiger partial charge in [-0.1, -0.05) is 18.2 Å². The Morgan fingerprint density at radius 1 is 0.776 bits per heavy atom. The number of benzene rings is 2. The summed E-state index contributed by atoms with van der Waals surface area (Å²) in [7, 11) is 0. The summed E-state index contributed by atoms with van der Waals surface area (Å²) in [5.41, 5.74) is 2.17. The van der Waals surface area contributed by atoms with Crippen LogP contribution in [-0.4, -0.2) is 87.5 Å². The molecule has 0 bridgehead atoms. The fourth-order valence-electron chi connectivity index (χ4n) is 8.88. The molecule has 2 aliphatic heterocycles. The highest BCUT2D eigenvalue weighted by Gasteiger charge is 2.33. The van der Waals surface area contributed by atoms with Crippen molar-refractivity contribution in [3.05, 3.63) is 95.0 Å². The smallest absolute Gasteiger partial charge is 0.255 e. The number of piperazine rings is 1. The first kappa shape index (κ1) is 39.1. The van der Waals surface area contributed by atoms with Crippen LogP contribution in [0.3, 0.4) is 0 Å². The largest absolute Gasteiger partial charge is 0.374 e. The molecule has 0 unspecified atom stereocenters. The number of carbonyl (C=O) groups is 3. The van der Waals surface area contributed by atoms with E-state index in [2.05, 4.69) is 41.0 Å². The Balaban J connectivity index is 0.760. The van der Waals surface area contributed by atoms with Gasteiger partial charge in [0.05, 0.1) is 11.9 Å². The van der Waals surface area contributed by atoms with E-state index in [-0.39, 0.29) is 59.2 Å².